The van der Waals surface area contributed by atoms with Crippen molar-refractivity contribution in [2.24, 2.45) is 0 Å². The third-order valence-corrected chi connectivity index (χ3v) is 2.30. The molecular weight excluding hydrogens is 203 g/mol. The summed E-state index contributed by atoms with van der Waals surface area (Å²) in [4.78, 5) is 0. The van der Waals surface area contributed by atoms with E-state index in [0.717, 1.165) is 12.8 Å². The van der Waals surface area contributed by atoms with Crippen molar-refractivity contribution in [2.45, 2.75) is 26.4 Å². The van der Waals surface area contributed by atoms with E-state index in [4.69, 9.17) is 16.3 Å². The summed E-state index contributed by atoms with van der Waals surface area (Å²) in [6, 6.07) is 4.65. The predicted octanol–water partition coefficient (Wildman–Crippen LogP) is 3.80. The van der Waals surface area contributed by atoms with Crippen LogP contribution < -0.4 is 0 Å². The average Bonchev–Trinajstić information content (AvgIpc) is 2.16. The summed E-state index contributed by atoms with van der Waals surface area (Å²) in [5.74, 6) is -0.297. The summed E-state index contributed by atoms with van der Waals surface area (Å²) in [6.45, 7) is 2.99. The maximum absolute atomic E-state index is 13.2. The van der Waals surface area contributed by atoms with Gasteiger partial charge in [0.05, 0.1) is 6.61 Å². The molecular formula is C11H14ClFO. The monoisotopic (exact) mass is 216 g/mol. The molecule has 0 aliphatic carbocycles. The molecule has 0 aliphatic heterocycles. The number of benzene rings is 1. The van der Waals surface area contributed by atoms with Gasteiger partial charge in [0.25, 0.3) is 0 Å². The van der Waals surface area contributed by atoms with Crippen LogP contribution in [0.2, 0.25) is 5.02 Å². The molecule has 1 nitrogen and oxygen atoms in total. The Bertz CT molecular complexity index is 268. The first-order valence-electron chi connectivity index (χ1n) is 4.76. The molecule has 0 atom stereocenters. The van der Waals surface area contributed by atoms with Crippen LogP contribution in [0, 0.1) is 5.82 Å². The number of ether oxygens (including phenoxy) is 1. The van der Waals surface area contributed by atoms with Gasteiger partial charge in [0, 0.05) is 17.2 Å². The van der Waals surface area contributed by atoms with Gasteiger partial charge in [0.15, 0.2) is 0 Å². The number of unbranched alkanes of at least 4 members (excludes halogenated alkanes) is 1. The van der Waals surface area contributed by atoms with Crippen molar-refractivity contribution in [1.82, 2.24) is 0 Å². The Hall–Kier alpha value is -0.600. The lowest BCUT2D eigenvalue weighted by Crippen LogP contribution is -1.98. The molecule has 1 aromatic carbocycles. The molecule has 78 valence electrons. The van der Waals surface area contributed by atoms with Crippen LogP contribution in [0.1, 0.15) is 25.3 Å². The molecule has 0 aliphatic rings. The number of hydrogen-bond acceptors (Lipinski definition) is 1. The zero-order chi connectivity index (χ0) is 10.4. The third kappa shape index (κ3) is 3.28. The molecule has 3 heteroatoms. The van der Waals surface area contributed by atoms with Crippen LogP contribution >= 0.6 is 11.6 Å². The quantitative estimate of drug-likeness (QED) is 0.681. The first kappa shape index (κ1) is 11.5. The van der Waals surface area contributed by atoms with Gasteiger partial charge in [-0.25, -0.2) is 4.39 Å². The molecule has 0 saturated heterocycles. The highest BCUT2D eigenvalue weighted by molar-refractivity contribution is 6.31. The molecule has 0 spiro atoms. The fourth-order valence-electron chi connectivity index (χ4n) is 1.09. The molecule has 0 N–H and O–H groups in total. The highest BCUT2D eigenvalue weighted by Crippen LogP contribution is 2.19. The van der Waals surface area contributed by atoms with Crippen molar-refractivity contribution in [2.75, 3.05) is 6.61 Å². The van der Waals surface area contributed by atoms with E-state index in [9.17, 15) is 4.39 Å². The molecule has 1 aromatic rings. The minimum Gasteiger partial charge on any atom is -0.377 e. The van der Waals surface area contributed by atoms with Gasteiger partial charge in [-0.15, -0.1) is 0 Å². The normalized spacial score (nSPS) is 10.5. The predicted molar refractivity (Wildman–Crippen MR) is 56.0 cm³/mol. The lowest BCUT2D eigenvalue weighted by Gasteiger charge is -2.06. The minimum absolute atomic E-state index is 0.255. The molecule has 0 amide bonds. The summed E-state index contributed by atoms with van der Waals surface area (Å²) in [5, 5.41) is 0.432. The van der Waals surface area contributed by atoms with Gasteiger partial charge in [0.2, 0.25) is 0 Å². The van der Waals surface area contributed by atoms with E-state index in [1.54, 1.807) is 12.1 Å². The molecule has 14 heavy (non-hydrogen) atoms. The van der Waals surface area contributed by atoms with E-state index in [1.807, 2.05) is 0 Å². The summed E-state index contributed by atoms with van der Waals surface area (Å²) in [7, 11) is 0. The smallest absolute Gasteiger partial charge is 0.130 e. The molecule has 0 radical (unpaired) electrons. The van der Waals surface area contributed by atoms with Gasteiger partial charge in [-0.2, -0.15) is 0 Å². The molecule has 0 fully saturated rings. The van der Waals surface area contributed by atoms with Crippen LogP contribution in [-0.2, 0) is 11.3 Å². The molecule has 0 heterocycles. The van der Waals surface area contributed by atoms with Crippen molar-refractivity contribution in [3.63, 3.8) is 0 Å². The van der Waals surface area contributed by atoms with Crippen LogP contribution in [0.15, 0.2) is 18.2 Å². The Morgan fingerprint density at radius 2 is 2.21 bits per heavy atom. The van der Waals surface area contributed by atoms with Crippen molar-refractivity contribution in [1.29, 1.82) is 0 Å². The summed E-state index contributed by atoms with van der Waals surface area (Å²) in [5.41, 5.74) is 0.449. The second-order valence-electron chi connectivity index (χ2n) is 3.11. The largest absolute Gasteiger partial charge is 0.377 e. The Morgan fingerprint density at radius 1 is 1.43 bits per heavy atom. The fourth-order valence-corrected chi connectivity index (χ4v) is 1.31. The van der Waals surface area contributed by atoms with Crippen LogP contribution in [0.5, 0.6) is 0 Å². The Balaban J connectivity index is 2.49. The van der Waals surface area contributed by atoms with Crippen molar-refractivity contribution < 1.29 is 9.13 Å². The maximum atomic E-state index is 13.2. The summed E-state index contributed by atoms with van der Waals surface area (Å²) < 4.78 is 18.5. The number of rotatable bonds is 5. The summed E-state index contributed by atoms with van der Waals surface area (Å²) >= 11 is 5.82. The van der Waals surface area contributed by atoms with E-state index in [2.05, 4.69) is 6.92 Å². The van der Waals surface area contributed by atoms with E-state index in [1.165, 1.54) is 6.07 Å². The van der Waals surface area contributed by atoms with Gasteiger partial charge < -0.3 is 4.74 Å². The zero-order valence-corrected chi connectivity index (χ0v) is 8.98. The number of hydrogen-bond donors (Lipinski definition) is 0. The second kappa shape index (κ2) is 5.99. The maximum Gasteiger partial charge on any atom is 0.130 e. The topological polar surface area (TPSA) is 9.23 Å². The number of halogens is 2. The third-order valence-electron chi connectivity index (χ3n) is 1.95. The van der Waals surface area contributed by atoms with Crippen LogP contribution in [0.4, 0.5) is 4.39 Å². The van der Waals surface area contributed by atoms with Gasteiger partial charge in [-0.1, -0.05) is 31.0 Å². The zero-order valence-electron chi connectivity index (χ0n) is 8.22. The van der Waals surface area contributed by atoms with Crippen molar-refractivity contribution >= 4 is 11.6 Å². The second-order valence-corrected chi connectivity index (χ2v) is 3.51. The van der Waals surface area contributed by atoms with Crippen molar-refractivity contribution in [3.05, 3.63) is 34.6 Å². The first-order valence-corrected chi connectivity index (χ1v) is 5.14. The first-order chi connectivity index (χ1) is 6.75. The summed E-state index contributed by atoms with van der Waals surface area (Å²) in [6.07, 6.45) is 2.07. The van der Waals surface area contributed by atoms with Gasteiger partial charge >= 0.3 is 0 Å². The van der Waals surface area contributed by atoms with Crippen LogP contribution in [0.3, 0.4) is 0 Å². The molecule has 0 unspecified atom stereocenters. The van der Waals surface area contributed by atoms with Crippen LogP contribution in [0.25, 0.3) is 0 Å². The highest BCUT2D eigenvalue weighted by Gasteiger charge is 2.05. The minimum atomic E-state index is -0.297. The Kier molecular flexibility index (Phi) is 4.91. The lowest BCUT2D eigenvalue weighted by atomic mass is 10.2. The molecule has 0 saturated carbocycles. The van der Waals surface area contributed by atoms with E-state index in [0.29, 0.717) is 17.2 Å². The van der Waals surface area contributed by atoms with Crippen molar-refractivity contribution in [3.8, 4) is 0 Å². The van der Waals surface area contributed by atoms with Gasteiger partial charge in [0.1, 0.15) is 5.82 Å². The van der Waals surface area contributed by atoms with Crippen LogP contribution in [-0.4, -0.2) is 6.61 Å². The fraction of sp³-hybridized carbons (Fsp3) is 0.455. The standard InChI is InChI=1S/C11H14ClFO/c1-2-3-7-14-8-9-10(12)5-4-6-11(9)13/h4-6H,2-3,7-8H2,1H3. The van der Waals surface area contributed by atoms with E-state index in [-0.39, 0.29) is 12.4 Å². The van der Waals surface area contributed by atoms with E-state index < -0.39 is 0 Å². The van der Waals surface area contributed by atoms with Gasteiger partial charge in [-0.05, 0) is 18.6 Å². The lowest BCUT2D eigenvalue weighted by molar-refractivity contribution is 0.116. The Morgan fingerprint density at radius 3 is 2.86 bits per heavy atom. The Labute approximate surface area is 88.8 Å². The van der Waals surface area contributed by atoms with E-state index >= 15 is 0 Å². The highest BCUT2D eigenvalue weighted by atomic mass is 35.5. The molecule has 0 aromatic heterocycles. The average molecular weight is 217 g/mol. The van der Waals surface area contributed by atoms with Gasteiger partial charge in [-0.3, -0.25) is 0 Å². The molecule has 0 bridgehead atoms. The SMILES string of the molecule is CCCCOCc1c(F)cccc1Cl. The molecule has 1 rings (SSSR count).